The molecule has 36 heavy (non-hydrogen) atoms. The SMILES string of the molecule is C#CCOc1ccc(/C=c2\sc3n(c2=O)[C@@H](c2ccc(C(C)C)cc2)C(C(=O)OCC)=C(C)N=3)cc1. The number of aromatic nitrogens is 1. The second-order valence-electron chi connectivity index (χ2n) is 8.69. The summed E-state index contributed by atoms with van der Waals surface area (Å²) in [6, 6.07) is 14.8. The van der Waals surface area contributed by atoms with Crippen LogP contribution in [0.3, 0.4) is 0 Å². The highest BCUT2D eigenvalue weighted by molar-refractivity contribution is 7.07. The van der Waals surface area contributed by atoms with Crippen LogP contribution in [0.4, 0.5) is 0 Å². The van der Waals surface area contributed by atoms with Gasteiger partial charge in [-0.1, -0.05) is 67.5 Å². The summed E-state index contributed by atoms with van der Waals surface area (Å²) in [6.07, 6.45) is 7.06. The molecule has 1 aliphatic heterocycles. The average Bonchev–Trinajstić information content (AvgIpc) is 3.17. The molecule has 0 radical (unpaired) electrons. The fraction of sp³-hybridized carbons (Fsp3) is 0.276. The molecule has 3 aromatic rings. The summed E-state index contributed by atoms with van der Waals surface area (Å²) in [6.45, 7) is 8.23. The molecule has 2 heterocycles. The Kier molecular flexibility index (Phi) is 7.56. The van der Waals surface area contributed by atoms with Crippen molar-refractivity contribution in [2.75, 3.05) is 13.2 Å². The van der Waals surface area contributed by atoms with Gasteiger partial charge in [0.25, 0.3) is 5.56 Å². The molecule has 6 nitrogen and oxygen atoms in total. The molecule has 7 heteroatoms. The lowest BCUT2D eigenvalue weighted by molar-refractivity contribution is -0.139. The second kappa shape index (κ2) is 10.8. The number of ether oxygens (including phenoxy) is 2. The predicted molar refractivity (Wildman–Crippen MR) is 142 cm³/mol. The summed E-state index contributed by atoms with van der Waals surface area (Å²) < 4.78 is 12.9. The molecule has 1 aromatic heterocycles. The first-order valence-electron chi connectivity index (χ1n) is 11.8. The lowest BCUT2D eigenvalue weighted by Crippen LogP contribution is -2.39. The van der Waals surface area contributed by atoms with E-state index in [0.29, 0.717) is 32.3 Å². The first-order chi connectivity index (χ1) is 17.3. The van der Waals surface area contributed by atoms with Gasteiger partial charge in [0.05, 0.1) is 28.5 Å². The third-order valence-corrected chi connectivity index (χ3v) is 6.92. The fourth-order valence-electron chi connectivity index (χ4n) is 4.11. The van der Waals surface area contributed by atoms with Gasteiger partial charge in [-0.2, -0.15) is 0 Å². The summed E-state index contributed by atoms with van der Waals surface area (Å²) in [5, 5.41) is 0. The Morgan fingerprint density at radius 3 is 2.50 bits per heavy atom. The summed E-state index contributed by atoms with van der Waals surface area (Å²) in [5.74, 6) is 3.00. The number of esters is 1. The van der Waals surface area contributed by atoms with Crippen LogP contribution < -0.4 is 19.6 Å². The van der Waals surface area contributed by atoms with Crippen molar-refractivity contribution in [1.29, 1.82) is 0 Å². The summed E-state index contributed by atoms with van der Waals surface area (Å²) in [5.41, 5.74) is 3.57. The zero-order valence-corrected chi connectivity index (χ0v) is 21.6. The van der Waals surface area contributed by atoms with E-state index in [2.05, 4.69) is 24.8 Å². The molecule has 0 amide bonds. The van der Waals surface area contributed by atoms with E-state index in [1.165, 1.54) is 16.9 Å². The third kappa shape index (κ3) is 5.05. The number of fused-ring (bicyclic) bond motifs is 1. The van der Waals surface area contributed by atoms with Crippen LogP contribution in [0.1, 0.15) is 56.3 Å². The molecule has 0 bridgehead atoms. The average molecular weight is 501 g/mol. The number of allylic oxidation sites excluding steroid dienone is 1. The Hall–Kier alpha value is -3.89. The standard InChI is InChI=1S/C29H28N2O4S/c1-6-16-35-23-14-8-20(9-15-23)17-24-27(32)31-26(22-12-10-21(11-13-22)18(3)4)25(28(33)34-7-2)19(5)30-29(31)36-24/h1,8-15,17-18,26H,7,16H2,2-5H3/b24-17-/t26-/m0/s1. The van der Waals surface area contributed by atoms with Crippen molar-refractivity contribution >= 4 is 23.4 Å². The van der Waals surface area contributed by atoms with Crippen molar-refractivity contribution < 1.29 is 14.3 Å². The van der Waals surface area contributed by atoms with Crippen LogP contribution in [0, 0.1) is 12.3 Å². The maximum absolute atomic E-state index is 13.7. The number of hydrogen-bond acceptors (Lipinski definition) is 6. The Labute approximate surface area is 214 Å². The van der Waals surface area contributed by atoms with Gasteiger partial charge in [-0.25, -0.2) is 9.79 Å². The monoisotopic (exact) mass is 500 g/mol. The van der Waals surface area contributed by atoms with E-state index in [4.69, 9.17) is 15.9 Å². The summed E-state index contributed by atoms with van der Waals surface area (Å²) in [4.78, 5) is 31.9. The van der Waals surface area contributed by atoms with Gasteiger partial charge in [-0.3, -0.25) is 9.36 Å². The Morgan fingerprint density at radius 1 is 1.19 bits per heavy atom. The van der Waals surface area contributed by atoms with Gasteiger partial charge in [0.1, 0.15) is 12.4 Å². The topological polar surface area (TPSA) is 69.9 Å². The van der Waals surface area contributed by atoms with Crippen LogP contribution in [0.15, 0.2) is 69.6 Å². The van der Waals surface area contributed by atoms with Gasteiger partial charge in [-0.05, 0) is 54.7 Å². The Bertz CT molecular complexity index is 1520. The van der Waals surface area contributed by atoms with Gasteiger partial charge < -0.3 is 9.47 Å². The van der Waals surface area contributed by atoms with Gasteiger partial charge in [0.2, 0.25) is 0 Å². The summed E-state index contributed by atoms with van der Waals surface area (Å²) in [7, 11) is 0. The van der Waals surface area contributed by atoms with Crippen molar-refractivity contribution in [3.05, 3.63) is 96.2 Å². The predicted octanol–water partition coefficient (Wildman–Crippen LogP) is 3.93. The molecule has 1 aliphatic rings. The number of hydrogen-bond donors (Lipinski definition) is 0. The minimum atomic E-state index is -0.622. The Balaban J connectivity index is 1.84. The molecule has 4 rings (SSSR count). The van der Waals surface area contributed by atoms with Gasteiger partial charge in [0, 0.05) is 0 Å². The van der Waals surface area contributed by atoms with E-state index in [1.54, 1.807) is 18.4 Å². The molecule has 0 aliphatic carbocycles. The number of thiazole rings is 1. The van der Waals surface area contributed by atoms with E-state index >= 15 is 0 Å². The number of terminal acetylenes is 1. The fourth-order valence-corrected chi connectivity index (χ4v) is 5.15. The van der Waals surface area contributed by atoms with E-state index in [-0.39, 0.29) is 18.8 Å². The molecular weight excluding hydrogens is 472 g/mol. The zero-order chi connectivity index (χ0) is 25.8. The summed E-state index contributed by atoms with van der Waals surface area (Å²) >= 11 is 1.30. The molecule has 0 unspecified atom stereocenters. The first kappa shape index (κ1) is 25.2. The lowest BCUT2D eigenvalue weighted by Gasteiger charge is -2.25. The highest BCUT2D eigenvalue weighted by Crippen LogP contribution is 2.31. The second-order valence-corrected chi connectivity index (χ2v) is 9.69. The number of benzene rings is 2. The molecule has 0 fully saturated rings. The molecular formula is C29H28N2O4S. The largest absolute Gasteiger partial charge is 0.481 e. The van der Waals surface area contributed by atoms with Crippen molar-refractivity contribution in [1.82, 2.24) is 4.57 Å². The van der Waals surface area contributed by atoms with Crippen molar-refractivity contribution in [3.8, 4) is 18.1 Å². The van der Waals surface area contributed by atoms with Crippen LogP contribution in [0.5, 0.6) is 5.75 Å². The van der Waals surface area contributed by atoms with Crippen LogP contribution in [-0.2, 0) is 9.53 Å². The normalized spacial score (nSPS) is 15.3. The molecule has 1 atom stereocenters. The smallest absolute Gasteiger partial charge is 0.338 e. The quantitative estimate of drug-likeness (QED) is 0.364. The van der Waals surface area contributed by atoms with Crippen molar-refractivity contribution in [3.63, 3.8) is 0 Å². The number of nitrogens with zero attached hydrogens (tertiary/aromatic N) is 2. The molecule has 0 N–H and O–H groups in total. The third-order valence-electron chi connectivity index (χ3n) is 5.94. The first-order valence-corrected chi connectivity index (χ1v) is 12.6. The van der Waals surface area contributed by atoms with Crippen LogP contribution >= 0.6 is 11.3 Å². The molecule has 0 saturated heterocycles. The number of rotatable bonds is 7. The maximum atomic E-state index is 13.7. The highest BCUT2D eigenvalue weighted by atomic mass is 32.1. The van der Waals surface area contributed by atoms with Crippen molar-refractivity contribution in [2.45, 2.75) is 39.7 Å². The number of carbonyl (C=O) groups is 1. The van der Waals surface area contributed by atoms with Crippen LogP contribution in [-0.4, -0.2) is 23.8 Å². The highest BCUT2D eigenvalue weighted by Gasteiger charge is 2.33. The molecule has 0 spiro atoms. The van der Waals surface area contributed by atoms with E-state index in [9.17, 15) is 9.59 Å². The lowest BCUT2D eigenvalue weighted by atomic mass is 9.93. The minimum Gasteiger partial charge on any atom is -0.481 e. The van der Waals surface area contributed by atoms with Gasteiger partial charge in [-0.15, -0.1) is 6.42 Å². The van der Waals surface area contributed by atoms with Crippen LogP contribution in [0.2, 0.25) is 0 Å². The Morgan fingerprint density at radius 2 is 1.89 bits per heavy atom. The molecule has 0 saturated carbocycles. The van der Waals surface area contributed by atoms with Crippen LogP contribution in [0.25, 0.3) is 6.08 Å². The molecule has 2 aromatic carbocycles. The van der Waals surface area contributed by atoms with E-state index in [0.717, 1.165) is 11.1 Å². The van der Waals surface area contributed by atoms with Gasteiger partial charge in [0.15, 0.2) is 4.80 Å². The number of carbonyl (C=O) groups excluding carboxylic acids is 1. The minimum absolute atomic E-state index is 0.193. The van der Waals surface area contributed by atoms with E-state index < -0.39 is 12.0 Å². The van der Waals surface area contributed by atoms with Crippen molar-refractivity contribution in [2.24, 2.45) is 4.99 Å². The van der Waals surface area contributed by atoms with Gasteiger partial charge >= 0.3 is 5.97 Å². The maximum Gasteiger partial charge on any atom is 0.338 e. The zero-order valence-electron chi connectivity index (χ0n) is 20.8. The molecule has 184 valence electrons. The van der Waals surface area contributed by atoms with E-state index in [1.807, 2.05) is 54.6 Å².